The van der Waals surface area contributed by atoms with Gasteiger partial charge in [-0.15, -0.1) is 0 Å². The fraction of sp³-hybridized carbons (Fsp3) is 0.636. The van der Waals surface area contributed by atoms with E-state index in [2.05, 4.69) is 0 Å². The molecule has 0 aliphatic rings. The predicted octanol–water partition coefficient (Wildman–Crippen LogP) is 1.62. The summed E-state index contributed by atoms with van der Waals surface area (Å²) in [5.41, 5.74) is -2.05. The lowest BCUT2D eigenvalue weighted by molar-refractivity contribution is -0.141. The molecule has 0 aromatic carbocycles. The minimum Gasteiger partial charge on any atom is -0.309 e. The van der Waals surface area contributed by atoms with Crippen molar-refractivity contribution in [1.29, 1.82) is 0 Å². The molecule has 7 heteroatoms. The second-order valence-electron chi connectivity index (χ2n) is 4.53. The van der Waals surface area contributed by atoms with E-state index < -0.39 is 23.8 Å². The lowest BCUT2D eigenvalue weighted by atomic mass is 10.1. The Morgan fingerprint density at radius 3 is 2.11 bits per heavy atom. The third kappa shape index (κ3) is 4.05. The van der Waals surface area contributed by atoms with Gasteiger partial charge < -0.3 is 9.13 Å². The zero-order valence-corrected chi connectivity index (χ0v) is 10.2. The molecule has 102 valence electrons. The molecule has 0 aliphatic heterocycles. The number of halogens is 3. The van der Waals surface area contributed by atoms with Crippen LogP contribution in [0.5, 0.6) is 0 Å². The Morgan fingerprint density at radius 1 is 1.11 bits per heavy atom. The van der Waals surface area contributed by atoms with Crippen LogP contribution in [-0.4, -0.2) is 15.3 Å². The Hall–Kier alpha value is -1.53. The van der Waals surface area contributed by atoms with Crippen LogP contribution in [0.3, 0.4) is 0 Å². The standard InChI is InChI=1S/C11H15F3N2O2/c1-8(2)3-4-15-5-6-16(7-11(12,13)14)10(18)9(15)17/h5-6,8H,3-4,7H2,1-2H3. The van der Waals surface area contributed by atoms with Crippen LogP contribution < -0.4 is 11.1 Å². The van der Waals surface area contributed by atoms with Gasteiger partial charge in [0.05, 0.1) is 0 Å². The molecule has 0 unspecified atom stereocenters. The second-order valence-corrected chi connectivity index (χ2v) is 4.53. The van der Waals surface area contributed by atoms with Gasteiger partial charge in [0, 0.05) is 18.9 Å². The van der Waals surface area contributed by atoms with Gasteiger partial charge in [-0.3, -0.25) is 9.59 Å². The molecule has 0 fully saturated rings. The number of rotatable bonds is 4. The fourth-order valence-corrected chi connectivity index (χ4v) is 1.43. The SMILES string of the molecule is CC(C)CCn1ccn(CC(F)(F)F)c(=O)c1=O. The highest BCUT2D eigenvalue weighted by Gasteiger charge is 2.28. The Bertz CT molecular complexity index is 514. The van der Waals surface area contributed by atoms with Crippen molar-refractivity contribution in [3.63, 3.8) is 0 Å². The molecule has 18 heavy (non-hydrogen) atoms. The number of nitrogens with zero attached hydrogens (tertiary/aromatic N) is 2. The van der Waals surface area contributed by atoms with Crippen molar-refractivity contribution in [1.82, 2.24) is 9.13 Å². The number of hydrogen-bond donors (Lipinski definition) is 0. The molecule has 0 radical (unpaired) electrons. The van der Waals surface area contributed by atoms with E-state index in [0.29, 0.717) is 23.5 Å². The van der Waals surface area contributed by atoms with Crippen molar-refractivity contribution in [3.05, 3.63) is 33.1 Å². The van der Waals surface area contributed by atoms with Gasteiger partial charge in [-0.2, -0.15) is 13.2 Å². The van der Waals surface area contributed by atoms with Crippen molar-refractivity contribution >= 4 is 0 Å². The number of aryl methyl sites for hydroxylation is 1. The van der Waals surface area contributed by atoms with E-state index in [-0.39, 0.29) is 0 Å². The van der Waals surface area contributed by atoms with Gasteiger partial charge in [0.2, 0.25) is 0 Å². The molecule has 0 spiro atoms. The topological polar surface area (TPSA) is 44.0 Å². The van der Waals surface area contributed by atoms with E-state index in [1.54, 1.807) is 0 Å². The molecule has 0 N–H and O–H groups in total. The van der Waals surface area contributed by atoms with Crippen molar-refractivity contribution in [3.8, 4) is 0 Å². The van der Waals surface area contributed by atoms with Crippen LogP contribution in [0.4, 0.5) is 13.2 Å². The van der Waals surface area contributed by atoms with E-state index in [0.717, 1.165) is 10.8 Å². The highest BCUT2D eigenvalue weighted by Crippen LogP contribution is 2.15. The number of alkyl halides is 3. The maximum Gasteiger partial charge on any atom is 0.406 e. The van der Waals surface area contributed by atoms with Crippen LogP contribution in [0.15, 0.2) is 22.0 Å². The van der Waals surface area contributed by atoms with E-state index >= 15 is 0 Å². The van der Waals surface area contributed by atoms with Crippen LogP contribution in [-0.2, 0) is 13.1 Å². The summed E-state index contributed by atoms with van der Waals surface area (Å²) in [5, 5.41) is 0. The summed E-state index contributed by atoms with van der Waals surface area (Å²) in [6.07, 6.45) is -1.61. The first kappa shape index (κ1) is 14.5. The van der Waals surface area contributed by atoms with Crippen LogP contribution in [0.25, 0.3) is 0 Å². The first-order valence-corrected chi connectivity index (χ1v) is 5.57. The molecular formula is C11H15F3N2O2. The highest BCUT2D eigenvalue weighted by molar-refractivity contribution is 4.86. The van der Waals surface area contributed by atoms with Crippen LogP contribution in [0.1, 0.15) is 20.3 Å². The lowest BCUT2D eigenvalue weighted by Crippen LogP contribution is -2.42. The first-order chi connectivity index (χ1) is 8.20. The molecule has 1 aromatic rings. The number of aromatic nitrogens is 2. The van der Waals surface area contributed by atoms with Gasteiger partial charge in [-0.05, 0) is 12.3 Å². The zero-order valence-electron chi connectivity index (χ0n) is 10.2. The minimum atomic E-state index is -4.51. The Morgan fingerprint density at radius 2 is 1.61 bits per heavy atom. The monoisotopic (exact) mass is 264 g/mol. The fourth-order valence-electron chi connectivity index (χ4n) is 1.43. The third-order valence-corrected chi connectivity index (χ3v) is 2.43. The first-order valence-electron chi connectivity index (χ1n) is 5.57. The van der Waals surface area contributed by atoms with Gasteiger partial charge in [0.15, 0.2) is 0 Å². The summed E-state index contributed by atoms with van der Waals surface area (Å²) in [5.74, 6) is 0.342. The third-order valence-electron chi connectivity index (χ3n) is 2.43. The molecular weight excluding hydrogens is 249 g/mol. The average molecular weight is 264 g/mol. The summed E-state index contributed by atoms with van der Waals surface area (Å²) < 4.78 is 37.9. The maximum atomic E-state index is 12.1. The van der Waals surface area contributed by atoms with E-state index in [1.165, 1.54) is 6.20 Å². The van der Waals surface area contributed by atoms with Gasteiger partial charge in [0.25, 0.3) is 0 Å². The quantitative estimate of drug-likeness (QED) is 0.776. The summed E-state index contributed by atoms with van der Waals surface area (Å²) in [6.45, 7) is 2.80. The highest BCUT2D eigenvalue weighted by atomic mass is 19.4. The maximum absolute atomic E-state index is 12.1. The minimum absolute atomic E-state index is 0.332. The van der Waals surface area contributed by atoms with Gasteiger partial charge >= 0.3 is 17.3 Å². The average Bonchev–Trinajstić information content (AvgIpc) is 2.22. The van der Waals surface area contributed by atoms with Crippen molar-refractivity contribution in [2.24, 2.45) is 5.92 Å². The Kier molecular flexibility index (Phi) is 4.37. The molecule has 4 nitrogen and oxygen atoms in total. The molecule has 0 saturated heterocycles. The van der Waals surface area contributed by atoms with Gasteiger partial charge in [-0.25, -0.2) is 0 Å². The molecule has 1 rings (SSSR count). The van der Waals surface area contributed by atoms with E-state index in [1.807, 2.05) is 13.8 Å². The molecule has 0 amide bonds. The van der Waals surface area contributed by atoms with Crippen LogP contribution >= 0.6 is 0 Å². The summed E-state index contributed by atoms with van der Waals surface area (Å²) in [4.78, 5) is 23.0. The van der Waals surface area contributed by atoms with Crippen molar-refractivity contribution in [2.75, 3.05) is 0 Å². The molecule has 1 heterocycles. The molecule has 0 atom stereocenters. The van der Waals surface area contributed by atoms with Crippen molar-refractivity contribution in [2.45, 2.75) is 39.5 Å². The van der Waals surface area contributed by atoms with E-state index in [9.17, 15) is 22.8 Å². The van der Waals surface area contributed by atoms with Gasteiger partial charge in [-0.1, -0.05) is 13.8 Å². The van der Waals surface area contributed by atoms with Gasteiger partial charge in [0.1, 0.15) is 6.54 Å². The molecule has 0 saturated carbocycles. The molecule has 1 aromatic heterocycles. The Labute approximate surface area is 102 Å². The normalized spacial score (nSPS) is 12.1. The summed E-state index contributed by atoms with van der Waals surface area (Å²) >= 11 is 0. The summed E-state index contributed by atoms with van der Waals surface area (Å²) in [6, 6.07) is 0. The number of hydrogen-bond acceptors (Lipinski definition) is 2. The van der Waals surface area contributed by atoms with Crippen LogP contribution in [0, 0.1) is 5.92 Å². The smallest absolute Gasteiger partial charge is 0.309 e. The van der Waals surface area contributed by atoms with Crippen LogP contribution in [0.2, 0.25) is 0 Å². The summed E-state index contributed by atoms with van der Waals surface area (Å²) in [7, 11) is 0. The van der Waals surface area contributed by atoms with Crippen molar-refractivity contribution < 1.29 is 13.2 Å². The molecule has 0 aliphatic carbocycles. The lowest BCUT2D eigenvalue weighted by Gasteiger charge is -2.11. The largest absolute Gasteiger partial charge is 0.406 e. The molecule has 0 bridgehead atoms. The predicted molar refractivity (Wildman–Crippen MR) is 60.5 cm³/mol. The second kappa shape index (κ2) is 5.41. The zero-order chi connectivity index (χ0) is 13.9. The van der Waals surface area contributed by atoms with E-state index in [4.69, 9.17) is 0 Å². The Balaban J connectivity index is 2.99.